The first-order valence-electron chi connectivity index (χ1n) is 11.2. The number of nitrogens with zero attached hydrogens (tertiary/aromatic N) is 3. The van der Waals surface area contributed by atoms with E-state index in [1.165, 1.54) is 12.1 Å². The summed E-state index contributed by atoms with van der Waals surface area (Å²) in [4.78, 5) is 36.3. The molecule has 2 amide bonds. The van der Waals surface area contributed by atoms with E-state index in [2.05, 4.69) is 20.6 Å². The Hall–Kier alpha value is -3.59. The zero-order chi connectivity index (χ0) is 24.8. The largest absolute Gasteiger partial charge is 0.504 e. The second-order valence-electron chi connectivity index (χ2n) is 8.74. The molecule has 1 aromatic carbocycles. The molecule has 0 unspecified atom stereocenters. The van der Waals surface area contributed by atoms with Crippen molar-refractivity contribution < 1.29 is 19.1 Å². The van der Waals surface area contributed by atoms with Crippen LogP contribution < -0.4 is 10.6 Å². The Labute approximate surface area is 198 Å². The third-order valence-electron chi connectivity index (χ3n) is 5.11. The van der Waals surface area contributed by atoms with Crippen molar-refractivity contribution in [3.05, 3.63) is 64.9 Å². The Morgan fingerprint density at radius 1 is 1.09 bits per heavy atom. The number of carbonyl (C=O) groups is 2. The van der Waals surface area contributed by atoms with Gasteiger partial charge in [-0.05, 0) is 76.7 Å². The van der Waals surface area contributed by atoms with Crippen molar-refractivity contribution in [3.63, 3.8) is 0 Å². The SMILES string of the molecule is CC(C)NC(=O)c1nc(C(=O)NCCCN(C)C)c(O)c2ncc(Cc3ccc(F)cc3)cc12. The Balaban J connectivity index is 1.99. The molecule has 8 nitrogen and oxygen atoms in total. The summed E-state index contributed by atoms with van der Waals surface area (Å²) in [6, 6.07) is 7.66. The zero-order valence-electron chi connectivity index (χ0n) is 19.9. The van der Waals surface area contributed by atoms with Gasteiger partial charge in [-0.25, -0.2) is 9.37 Å². The number of pyridine rings is 2. The molecule has 9 heteroatoms. The minimum absolute atomic E-state index is 0.00778. The van der Waals surface area contributed by atoms with Crippen LogP contribution in [0.2, 0.25) is 0 Å². The molecule has 0 saturated carbocycles. The summed E-state index contributed by atoms with van der Waals surface area (Å²) in [5, 5.41) is 16.7. The molecule has 0 spiro atoms. The lowest BCUT2D eigenvalue weighted by Crippen LogP contribution is -2.32. The van der Waals surface area contributed by atoms with Gasteiger partial charge < -0.3 is 20.6 Å². The summed E-state index contributed by atoms with van der Waals surface area (Å²) in [6.45, 7) is 4.82. The number of rotatable bonds is 9. The van der Waals surface area contributed by atoms with Crippen LogP contribution >= 0.6 is 0 Å². The van der Waals surface area contributed by atoms with Crippen molar-refractivity contribution in [3.8, 4) is 5.75 Å². The summed E-state index contributed by atoms with van der Waals surface area (Å²) < 4.78 is 13.2. The molecule has 3 aromatic rings. The first-order valence-corrected chi connectivity index (χ1v) is 11.2. The first-order chi connectivity index (χ1) is 16.2. The Morgan fingerprint density at radius 2 is 1.79 bits per heavy atom. The van der Waals surface area contributed by atoms with Gasteiger partial charge in [0.15, 0.2) is 11.4 Å². The van der Waals surface area contributed by atoms with E-state index in [0.717, 1.165) is 24.1 Å². The van der Waals surface area contributed by atoms with Crippen molar-refractivity contribution in [1.82, 2.24) is 25.5 Å². The topological polar surface area (TPSA) is 107 Å². The smallest absolute Gasteiger partial charge is 0.273 e. The van der Waals surface area contributed by atoms with E-state index in [-0.39, 0.29) is 34.5 Å². The van der Waals surface area contributed by atoms with Gasteiger partial charge in [0.25, 0.3) is 11.8 Å². The maximum atomic E-state index is 13.2. The van der Waals surface area contributed by atoms with Crippen molar-refractivity contribution in [2.24, 2.45) is 0 Å². The molecule has 2 heterocycles. The number of halogens is 1. The molecule has 0 fully saturated rings. The predicted molar refractivity (Wildman–Crippen MR) is 129 cm³/mol. The van der Waals surface area contributed by atoms with Gasteiger partial charge >= 0.3 is 0 Å². The van der Waals surface area contributed by atoms with Crippen molar-refractivity contribution in [2.75, 3.05) is 27.2 Å². The number of amides is 2. The predicted octanol–water partition coefficient (Wildman–Crippen LogP) is 2.89. The normalized spacial score (nSPS) is 11.3. The van der Waals surface area contributed by atoms with Crippen LogP contribution in [0.1, 0.15) is 52.4 Å². The molecule has 2 aromatic heterocycles. The molecular formula is C25H30FN5O3. The first kappa shape index (κ1) is 25.0. The second-order valence-corrected chi connectivity index (χ2v) is 8.74. The number of hydrogen-bond acceptors (Lipinski definition) is 6. The van der Waals surface area contributed by atoms with E-state index >= 15 is 0 Å². The molecule has 0 aliphatic heterocycles. The minimum Gasteiger partial charge on any atom is -0.504 e. The lowest BCUT2D eigenvalue weighted by molar-refractivity contribution is 0.0937. The molecule has 0 saturated heterocycles. The van der Waals surface area contributed by atoms with Gasteiger partial charge in [-0.2, -0.15) is 0 Å². The third kappa shape index (κ3) is 6.26. The van der Waals surface area contributed by atoms with Gasteiger partial charge in [-0.1, -0.05) is 12.1 Å². The maximum absolute atomic E-state index is 13.2. The monoisotopic (exact) mass is 467 g/mol. The minimum atomic E-state index is -0.575. The molecule has 0 bridgehead atoms. The Morgan fingerprint density at radius 3 is 2.44 bits per heavy atom. The number of carbonyl (C=O) groups excluding carboxylic acids is 2. The van der Waals surface area contributed by atoms with Crippen LogP contribution in [0.15, 0.2) is 36.5 Å². The van der Waals surface area contributed by atoms with Crippen LogP contribution in [0, 0.1) is 5.82 Å². The fourth-order valence-electron chi connectivity index (χ4n) is 3.49. The molecule has 0 aliphatic rings. The lowest BCUT2D eigenvalue weighted by atomic mass is 10.0. The average molecular weight is 468 g/mol. The maximum Gasteiger partial charge on any atom is 0.273 e. The number of aromatic hydroxyl groups is 1. The highest BCUT2D eigenvalue weighted by Gasteiger charge is 2.24. The number of aromatic nitrogens is 2. The van der Waals surface area contributed by atoms with Gasteiger partial charge in [0.2, 0.25) is 0 Å². The van der Waals surface area contributed by atoms with Gasteiger partial charge in [0, 0.05) is 24.2 Å². The van der Waals surface area contributed by atoms with Crippen molar-refractivity contribution in [1.29, 1.82) is 0 Å². The van der Waals surface area contributed by atoms with Crippen LogP contribution in [0.5, 0.6) is 5.75 Å². The van der Waals surface area contributed by atoms with E-state index in [1.54, 1.807) is 24.4 Å². The Kier molecular flexibility index (Phi) is 8.12. The summed E-state index contributed by atoms with van der Waals surface area (Å²) in [7, 11) is 3.88. The third-order valence-corrected chi connectivity index (χ3v) is 5.11. The molecule has 3 rings (SSSR count). The molecular weight excluding hydrogens is 437 g/mol. The van der Waals surface area contributed by atoms with Crippen LogP contribution in [-0.2, 0) is 6.42 Å². The standard InChI is InChI=1S/C25H30FN5O3/c1-15(2)29-25(34)21-19-13-17(12-16-6-8-18(26)9-7-16)14-28-20(19)23(32)22(30-21)24(33)27-10-5-11-31(3)4/h6-9,13-15,32H,5,10-12H2,1-4H3,(H,27,33)(H,29,34). The van der Waals surface area contributed by atoms with Crippen LogP contribution in [-0.4, -0.2) is 65.0 Å². The van der Waals surface area contributed by atoms with E-state index in [4.69, 9.17) is 0 Å². The highest BCUT2D eigenvalue weighted by Crippen LogP contribution is 2.29. The number of fused-ring (bicyclic) bond motifs is 1. The van der Waals surface area contributed by atoms with E-state index < -0.39 is 11.8 Å². The number of hydrogen-bond donors (Lipinski definition) is 3. The zero-order valence-corrected chi connectivity index (χ0v) is 19.9. The van der Waals surface area contributed by atoms with Crippen LogP contribution in [0.4, 0.5) is 4.39 Å². The summed E-state index contributed by atoms with van der Waals surface area (Å²) in [5.41, 5.74) is 1.49. The summed E-state index contributed by atoms with van der Waals surface area (Å²) >= 11 is 0. The molecule has 0 radical (unpaired) electrons. The van der Waals surface area contributed by atoms with E-state index in [1.807, 2.05) is 32.8 Å². The van der Waals surface area contributed by atoms with Gasteiger partial charge in [-0.3, -0.25) is 14.6 Å². The quantitative estimate of drug-likeness (QED) is 0.418. The van der Waals surface area contributed by atoms with Crippen molar-refractivity contribution in [2.45, 2.75) is 32.7 Å². The van der Waals surface area contributed by atoms with Gasteiger partial charge in [-0.15, -0.1) is 0 Å². The fourth-order valence-corrected chi connectivity index (χ4v) is 3.49. The molecule has 0 atom stereocenters. The van der Waals surface area contributed by atoms with E-state index in [0.29, 0.717) is 18.4 Å². The fraction of sp³-hybridized carbons (Fsp3) is 0.360. The average Bonchev–Trinajstić information content (AvgIpc) is 2.77. The molecule has 0 aliphatic carbocycles. The highest BCUT2D eigenvalue weighted by atomic mass is 19.1. The van der Waals surface area contributed by atoms with Crippen molar-refractivity contribution >= 4 is 22.7 Å². The summed E-state index contributed by atoms with van der Waals surface area (Å²) in [6.07, 6.45) is 2.73. The molecule has 34 heavy (non-hydrogen) atoms. The molecule has 3 N–H and O–H groups in total. The Bertz CT molecular complexity index is 1180. The number of nitrogens with one attached hydrogen (secondary N) is 2. The van der Waals surface area contributed by atoms with Crippen LogP contribution in [0.25, 0.3) is 10.9 Å². The van der Waals surface area contributed by atoms with Gasteiger partial charge in [0.1, 0.15) is 17.0 Å². The van der Waals surface area contributed by atoms with E-state index in [9.17, 15) is 19.1 Å². The van der Waals surface area contributed by atoms with Gasteiger partial charge in [0.05, 0.1) is 0 Å². The van der Waals surface area contributed by atoms with Crippen LogP contribution in [0.3, 0.4) is 0 Å². The second kappa shape index (κ2) is 11.0. The summed E-state index contributed by atoms with van der Waals surface area (Å²) in [5.74, 6) is -1.75. The molecule has 180 valence electrons. The lowest BCUT2D eigenvalue weighted by Gasteiger charge is -2.14. The number of benzene rings is 1. The highest BCUT2D eigenvalue weighted by molar-refractivity contribution is 6.09.